The molecule has 35 heavy (non-hydrogen) atoms. The van der Waals surface area contributed by atoms with Gasteiger partial charge in [0.2, 0.25) is 0 Å². The van der Waals surface area contributed by atoms with E-state index in [2.05, 4.69) is 15.1 Å². The van der Waals surface area contributed by atoms with Gasteiger partial charge in [-0.2, -0.15) is 18.3 Å². The van der Waals surface area contributed by atoms with Gasteiger partial charge < -0.3 is 14.5 Å². The minimum atomic E-state index is -4.46. The van der Waals surface area contributed by atoms with Gasteiger partial charge in [-0.15, -0.1) is 0 Å². The lowest BCUT2D eigenvalue weighted by molar-refractivity contribution is -0.137. The van der Waals surface area contributed by atoms with E-state index in [0.717, 1.165) is 17.7 Å². The van der Waals surface area contributed by atoms with Crippen molar-refractivity contribution in [2.24, 2.45) is 0 Å². The molecular weight excluding hydrogens is 468 g/mol. The zero-order valence-corrected chi connectivity index (χ0v) is 19.1. The average molecular weight is 490 g/mol. The molecule has 1 atom stereocenters. The monoisotopic (exact) mass is 490 g/mol. The van der Waals surface area contributed by atoms with Gasteiger partial charge in [-0.1, -0.05) is 18.2 Å². The van der Waals surface area contributed by atoms with Gasteiger partial charge >= 0.3 is 6.18 Å². The Morgan fingerprint density at radius 2 is 1.74 bits per heavy atom. The van der Waals surface area contributed by atoms with Gasteiger partial charge in [-0.3, -0.25) is 4.79 Å². The fraction of sp³-hybridized carbons (Fsp3) is 0.292. The summed E-state index contributed by atoms with van der Waals surface area (Å²) in [4.78, 5) is 20.0. The van der Waals surface area contributed by atoms with E-state index in [0.29, 0.717) is 22.9 Å². The van der Waals surface area contributed by atoms with Crippen LogP contribution in [0.1, 0.15) is 41.2 Å². The standard InChI is InChI=1S/C24H22F4N4O3/c1-13(15-5-7-16(8-6-15)24(26,27)28)32-22-21(17(12-25)31-32)23(33)30-20(29-22)11-14-4-9-18(34-2)19(10-14)35-3/h4-10,13H,11-12H2,1-3H3,(H,29,30,33)/t13-/m0/s1. The van der Waals surface area contributed by atoms with Crippen LogP contribution in [0.15, 0.2) is 47.3 Å². The van der Waals surface area contributed by atoms with Crippen molar-refractivity contribution in [1.29, 1.82) is 0 Å². The highest BCUT2D eigenvalue weighted by atomic mass is 19.4. The Morgan fingerprint density at radius 3 is 2.34 bits per heavy atom. The highest BCUT2D eigenvalue weighted by Crippen LogP contribution is 2.31. The number of halogens is 4. The maximum Gasteiger partial charge on any atom is 0.416 e. The molecule has 2 heterocycles. The minimum absolute atomic E-state index is 0.00215. The number of alkyl halides is 4. The molecule has 0 aliphatic heterocycles. The highest BCUT2D eigenvalue weighted by Gasteiger charge is 2.30. The van der Waals surface area contributed by atoms with Crippen LogP contribution in [0.25, 0.3) is 11.0 Å². The largest absolute Gasteiger partial charge is 0.493 e. The first-order valence-corrected chi connectivity index (χ1v) is 10.6. The summed E-state index contributed by atoms with van der Waals surface area (Å²) in [5.41, 5.74) is -0.0116. The second-order valence-electron chi connectivity index (χ2n) is 7.90. The van der Waals surface area contributed by atoms with Gasteiger partial charge in [0.15, 0.2) is 17.1 Å². The number of fused-ring (bicyclic) bond motifs is 1. The van der Waals surface area contributed by atoms with Crippen molar-refractivity contribution in [3.8, 4) is 11.5 Å². The molecule has 0 aliphatic carbocycles. The molecule has 7 nitrogen and oxygen atoms in total. The van der Waals surface area contributed by atoms with E-state index in [1.807, 2.05) is 0 Å². The Hall–Kier alpha value is -3.89. The fourth-order valence-corrected chi connectivity index (χ4v) is 3.88. The SMILES string of the molecule is COc1ccc(Cc2nc3c(c(CF)nn3[C@@H](C)c3ccc(C(F)(F)F)cc3)c(=O)[nH]2)cc1OC. The number of methoxy groups -OCH3 is 2. The molecule has 0 bridgehead atoms. The summed E-state index contributed by atoms with van der Waals surface area (Å²) >= 11 is 0. The molecule has 0 aliphatic rings. The number of rotatable bonds is 7. The Bertz CT molecular complexity index is 1410. The zero-order valence-electron chi connectivity index (χ0n) is 19.1. The molecule has 0 saturated carbocycles. The maximum absolute atomic E-state index is 13.7. The lowest BCUT2D eigenvalue weighted by atomic mass is 10.1. The molecule has 0 unspecified atom stereocenters. The summed E-state index contributed by atoms with van der Waals surface area (Å²) < 4.78 is 64.4. The third-order valence-electron chi connectivity index (χ3n) is 5.72. The third kappa shape index (κ3) is 4.71. The molecule has 4 aromatic rings. The van der Waals surface area contributed by atoms with Crippen LogP contribution in [-0.2, 0) is 19.3 Å². The predicted octanol–water partition coefficient (Wildman–Crippen LogP) is 4.83. The number of nitrogens with zero attached hydrogens (tertiary/aromatic N) is 3. The topological polar surface area (TPSA) is 82.0 Å². The van der Waals surface area contributed by atoms with Crippen LogP contribution in [0.3, 0.4) is 0 Å². The number of aromatic amines is 1. The Balaban J connectivity index is 1.76. The Kier molecular flexibility index (Phi) is 6.51. The van der Waals surface area contributed by atoms with E-state index >= 15 is 0 Å². The predicted molar refractivity (Wildman–Crippen MR) is 121 cm³/mol. The van der Waals surface area contributed by atoms with Crippen molar-refractivity contribution in [2.75, 3.05) is 14.2 Å². The van der Waals surface area contributed by atoms with Crippen molar-refractivity contribution >= 4 is 11.0 Å². The molecule has 2 aromatic carbocycles. The van der Waals surface area contributed by atoms with Crippen LogP contribution in [0.5, 0.6) is 11.5 Å². The second-order valence-corrected chi connectivity index (χ2v) is 7.90. The molecule has 0 radical (unpaired) electrons. The number of ether oxygens (including phenoxy) is 2. The summed E-state index contributed by atoms with van der Waals surface area (Å²) in [5, 5.41) is 4.22. The minimum Gasteiger partial charge on any atom is -0.493 e. The number of aromatic nitrogens is 4. The summed E-state index contributed by atoms with van der Waals surface area (Å²) in [6.45, 7) is 0.691. The maximum atomic E-state index is 13.7. The van der Waals surface area contributed by atoms with E-state index in [1.54, 1.807) is 25.1 Å². The molecule has 0 amide bonds. The molecular formula is C24H22F4N4O3. The fourth-order valence-electron chi connectivity index (χ4n) is 3.88. The van der Waals surface area contributed by atoms with Gasteiger partial charge in [0.05, 0.1) is 25.8 Å². The van der Waals surface area contributed by atoms with E-state index in [9.17, 15) is 22.4 Å². The van der Waals surface area contributed by atoms with Crippen LogP contribution >= 0.6 is 0 Å². The van der Waals surface area contributed by atoms with Crippen LogP contribution in [-0.4, -0.2) is 34.0 Å². The first-order chi connectivity index (χ1) is 16.7. The van der Waals surface area contributed by atoms with Crippen molar-refractivity contribution in [1.82, 2.24) is 19.7 Å². The lowest BCUT2D eigenvalue weighted by Gasteiger charge is -2.15. The summed E-state index contributed by atoms with van der Waals surface area (Å²) in [6, 6.07) is 9.25. The summed E-state index contributed by atoms with van der Waals surface area (Å²) in [5.74, 6) is 1.36. The zero-order chi connectivity index (χ0) is 25.3. The first kappa shape index (κ1) is 24.2. The first-order valence-electron chi connectivity index (χ1n) is 10.6. The van der Waals surface area contributed by atoms with Crippen LogP contribution in [0, 0.1) is 0 Å². The molecule has 11 heteroatoms. The second kappa shape index (κ2) is 9.40. The molecule has 184 valence electrons. The van der Waals surface area contributed by atoms with Crippen LogP contribution in [0.2, 0.25) is 0 Å². The number of H-pyrrole nitrogens is 1. The number of hydrogen-bond donors (Lipinski definition) is 1. The van der Waals surface area contributed by atoms with Crippen molar-refractivity contribution in [3.63, 3.8) is 0 Å². The number of hydrogen-bond acceptors (Lipinski definition) is 5. The van der Waals surface area contributed by atoms with Crippen LogP contribution in [0.4, 0.5) is 17.6 Å². The van der Waals surface area contributed by atoms with Gasteiger partial charge in [-0.25, -0.2) is 14.1 Å². The van der Waals surface area contributed by atoms with Gasteiger partial charge in [0.25, 0.3) is 5.56 Å². The van der Waals surface area contributed by atoms with Crippen molar-refractivity contribution in [3.05, 3.63) is 81.0 Å². The normalized spacial score (nSPS) is 12.7. The molecule has 4 rings (SSSR count). The van der Waals surface area contributed by atoms with E-state index in [1.165, 1.54) is 31.0 Å². The lowest BCUT2D eigenvalue weighted by Crippen LogP contribution is -2.15. The van der Waals surface area contributed by atoms with Gasteiger partial charge in [0, 0.05) is 6.42 Å². The molecule has 1 N–H and O–H groups in total. The quantitative estimate of drug-likeness (QED) is 0.376. The summed E-state index contributed by atoms with van der Waals surface area (Å²) in [6.07, 6.45) is -4.23. The molecule has 0 spiro atoms. The third-order valence-corrected chi connectivity index (χ3v) is 5.72. The van der Waals surface area contributed by atoms with Gasteiger partial charge in [-0.05, 0) is 42.3 Å². The van der Waals surface area contributed by atoms with E-state index in [4.69, 9.17) is 9.47 Å². The Labute approximate surface area is 197 Å². The highest BCUT2D eigenvalue weighted by molar-refractivity contribution is 5.77. The van der Waals surface area contributed by atoms with Crippen molar-refractivity contribution < 1.29 is 27.0 Å². The average Bonchev–Trinajstić information content (AvgIpc) is 3.22. The summed E-state index contributed by atoms with van der Waals surface area (Å²) in [7, 11) is 3.03. The van der Waals surface area contributed by atoms with Gasteiger partial charge in [0.1, 0.15) is 23.6 Å². The number of nitrogens with one attached hydrogen (secondary N) is 1. The number of benzene rings is 2. The van der Waals surface area contributed by atoms with Crippen molar-refractivity contribution in [2.45, 2.75) is 32.2 Å². The Morgan fingerprint density at radius 1 is 1.06 bits per heavy atom. The van der Waals surface area contributed by atoms with E-state index in [-0.39, 0.29) is 23.1 Å². The smallest absolute Gasteiger partial charge is 0.416 e. The molecule has 0 fully saturated rings. The molecule has 0 saturated heterocycles. The van der Waals surface area contributed by atoms with E-state index < -0.39 is 30.0 Å². The molecule has 2 aromatic heterocycles. The van der Waals surface area contributed by atoms with Crippen LogP contribution < -0.4 is 15.0 Å².